The lowest BCUT2D eigenvalue weighted by molar-refractivity contribution is 0.102. The summed E-state index contributed by atoms with van der Waals surface area (Å²) in [6.45, 7) is 2.10. The van der Waals surface area contributed by atoms with Gasteiger partial charge in [-0.3, -0.25) is 4.79 Å². The predicted molar refractivity (Wildman–Crippen MR) is 102 cm³/mol. The molecule has 3 aromatic rings. The molecule has 2 N–H and O–H groups in total. The zero-order chi connectivity index (χ0) is 18.8. The monoisotopic (exact) mass is 382 g/mol. The first kappa shape index (κ1) is 17.1. The highest BCUT2D eigenvalue weighted by molar-refractivity contribution is 6.31. The molecule has 0 atom stereocenters. The second-order valence-electron chi connectivity index (χ2n) is 5.89. The number of nitrogens with zero attached hydrogens (tertiary/aromatic N) is 2. The van der Waals surface area contributed by atoms with Crippen molar-refractivity contribution in [3.05, 3.63) is 65.1 Å². The van der Waals surface area contributed by atoms with Crippen molar-refractivity contribution in [1.82, 2.24) is 9.97 Å². The molecule has 0 saturated carbocycles. The third-order valence-corrected chi connectivity index (χ3v) is 4.21. The van der Waals surface area contributed by atoms with Crippen molar-refractivity contribution in [1.29, 1.82) is 0 Å². The van der Waals surface area contributed by atoms with Gasteiger partial charge in [0.2, 0.25) is 6.79 Å². The van der Waals surface area contributed by atoms with Gasteiger partial charge in [0.1, 0.15) is 11.5 Å². The van der Waals surface area contributed by atoms with Crippen molar-refractivity contribution in [2.24, 2.45) is 0 Å². The first-order chi connectivity index (χ1) is 13.1. The Morgan fingerprint density at radius 1 is 1.07 bits per heavy atom. The molecule has 1 amide bonds. The van der Waals surface area contributed by atoms with Gasteiger partial charge in [-0.25, -0.2) is 9.97 Å². The van der Waals surface area contributed by atoms with E-state index in [1.165, 1.54) is 12.4 Å². The van der Waals surface area contributed by atoms with Gasteiger partial charge in [0.25, 0.3) is 5.91 Å². The van der Waals surface area contributed by atoms with Gasteiger partial charge in [0.05, 0.1) is 12.4 Å². The van der Waals surface area contributed by atoms with Crippen molar-refractivity contribution < 1.29 is 14.3 Å². The molecule has 27 heavy (non-hydrogen) atoms. The number of anilines is 3. The minimum atomic E-state index is -0.359. The van der Waals surface area contributed by atoms with Gasteiger partial charge in [-0.1, -0.05) is 17.7 Å². The van der Waals surface area contributed by atoms with E-state index < -0.39 is 0 Å². The molecule has 0 spiro atoms. The Hall–Kier alpha value is -3.32. The van der Waals surface area contributed by atoms with Crippen LogP contribution < -0.4 is 20.1 Å². The summed E-state index contributed by atoms with van der Waals surface area (Å²) in [7, 11) is 0. The van der Waals surface area contributed by atoms with E-state index >= 15 is 0 Å². The maximum Gasteiger partial charge on any atom is 0.275 e. The summed E-state index contributed by atoms with van der Waals surface area (Å²) < 4.78 is 10.6. The number of halogens is 1. The maximum absolute atomic E-state index is 12.4. The Morgan fingerprint density at radius 2 is 1.93 bits per heavy atom. The fraction of sp³-hybridized carbons (Fsp3) is 0.105. The van der Waals surface area contributed by atoms with Crippen LogP contribution in [0.5, 0.6) is 11.5 Å². The summed E-state index contributed by atoms with van der Waals surface area (Å²) in [6, 6.07) is 10.8. The molecule has 2 heterocycles. The molecule has 4 rings (SSSR count). The van der Waals surface area contributed by atoms with Crippen LogP contribution in [0.1, 0.15) is 16.1 Å². The number of hydrogen-bond acceptors (Lipinski definition) is 6. The van der Waals surface area contributed by atoms with E-state index in [1.54, 1.807) is 12.1 Å². The first-order valence-corrected chi connectivity index (χ1v) is 8.52. The standard InChI is InChI=1S/C19H15ClN4O3/c1-11-2-3-12(20)6-14(11)24-19(25)15-8-22-18(9-21-15)23-13-4-5-16-17(7-13)27-10-26-16/h2-9H,10H2,1H3,(H,22,23)(H,24,25). The van der Waals surface area contributed by atoms with E-state index in [0.717, 1.165) is 11.3 Å². The molecule has 0 fully saturated rings. The van der Waals surface area contributed by atoms with Crippen LogP contribution in [0.4, 0.5) is 17.2 Å². The molecular weight excluding hydrogens is 368 g/mol. The van der Waals surface area contributed by atoms with E-state index in [-0.39, 0.29) is 18.4 Å². The van der Waals surface area contributed by atoms with Crippen LogP contribution in [0.2, 0.25) is 5.02 Å². The highest BCUT2D eigenvalue weighted by atomic mass is 35.5. The molecule has 8 heteroatoms. The lowest BCUT2D eigenvalue weighted by Crippen LogP contribution is -2.15. The number of nitrogens with one attached hydrogen (secondary N) is 2. The minimum Gasteiger partial charge on any atom is -0.454 e. The largest absolute Gasteiger partial charge is 0.454 e. The normalized spacial score (nSPS) is 11.9. The van der Waals surface area contributed by atoms with Crippen LogP contribution in [-0.2, 0) is 0 Å². The van der Waals surface area contributed by atoms with Gasteiger partial charge < -0.3 is 20.1 Å². The van der Waals surface area contributed by atoms with Crippen LogP contribution in [0, 0.1) is 6.92 Å². The molecule has 136 valence electrons. The lowest BCUT2D eigenvalue weighted by atomic mass is 10.2. The predicted octanol–water partition coefficient (Wildman–Crippen LogP) is 4.16. The molecule has 2 aromatic carbocycles. The Morgan fingerprint density at radius 3 is 2.74 bits per heavy atom. The van der Waals surface area contributed by atoms with Crippen LogP contribution >= 0.6 is 11.6 Å². The molecule has 0 unspecified atom stereocenters. The number of hydrogen-bond donors (Lipinski definition) is 2. The Bertz CT molecular complexity index is 1010. The van der Waals surface area contributed by atoms with Crippen molar-refractivity contribution in [3.63, 3.8) is 0 Å². The van der Waals surface area contributed by atoms with E-state index in [1.807, 2.05) is 31.2 Å². The summed E-state index contributed by atoms with van der Waals surface area (Å²) in [4.78, 5) is 20.8. The Labute approximate surface area is 160 Å². The van der Waals surface area contributed by atoms with Crippen LogP contribution in [0.25, 0.3) is 0 Å². The fourth-order valence-electron chi connectivity index (χ4n) is 2.55. The third kappa shape index (κ3) is 3.78. The number of ether oxygens (including phenoxy) is 2. The van der Waals surface area contributed by atoms with Crippen molar-refractivity contribution in [2.75, 3.05) is 17.4 Å². The number of benzene rings is 2. The van der Waals surface area contributed by atoms with Gasteiger partial charge in [-0.2, -0.15) is 0 Å². The summed E-state index contributed by atoms with van der Waals surface area (Å²) in [5.41, 5.74) is 2.52. The summed E-state index contributed by atoms with van der Waals surface area (Å²) in [5.74, 6) is 1.52. The van der Waals surface area contributed by atoms with Crippen molar-refractivity contribution in [3.8, 4) is 11.5 Å². The second-order valence-corrected chi connectivity index (χ2v) is 6.33. The van der Waals surface area contributed by atoms with Gasteiger partial charge in [-0.05, 0) is 36.8 Å². The van der Waals surface area contributed by atoms with Crippen LogP contribution in [0.15, 0.2) is 48.8 Å². The number of rotatable bonds is 4. The SMILES string of the molecule is Cc1ccc(Cl)cc1NC(=O)c1cnc(Nc2ccc3c(c2)OCO3)cn1. The Balaban J connectivity index is 1.45. The molecule has 1 aromatic heterocycles. The quantitative estimate of drug-likeness (QED) is 0.704. The Kier molecular flexibility index (Phi) is 4.52. The number of fused-ring (bicyclic) bond motifs is 1. The summed E-state index contributed by atoms with van der Waals surface area (Å²) >= 11 is 5.98. The molecule has 1 aliphatic heterocycles. The van der Waals surface area contributed by atoms with Crippen LogP contribution in [0.3, 0.4) is 0 Å². The zero-order valence-corrected chi connectivity index (χ0v) is 15.1. The average molecular weight is 383 g/mol. The van der Waals surface area contributed by atoms with E-state index in [0.29, 0.717) is 28.0 Å². The molecule has 0 saturated heterocycles. The molecule has 0 aliphatic carbocycles. The smallest absolute Gasteiger partial charge is 0.275 e. The molecule has 1 aliphatic rings. The highest BCUT2D eigenvalue weighted by Crippen LogP contribution is 2.34. The fourth-order valence-corrected chi connectivity index (χ4v) is 2.72. The first-order valence-electron chi connectivity index (χ1n) is 8.15. The van der Waals surface area contributed by atoms with Gasteiger partial charge >= 0.3 is 0 Å². The number of amides is 1. The number of aromatic nitrogens is 2. The molecule has 7 nitrogen and oxygen atoms in total. The van der Waals surface area contributed by atoms with Gasteiger partial charge in [0, 0.05) is 22.5 Å². The molecular formula is C19H15ClN4O3. The lowest BCUT2D eigenvalue weighted by Gasteiger charge is -2.09. The van der Waals surface area contributed by atoms with E-state index in [2.05, 4.69) is 20.6 Å². The molecule has 0 bridgehead atoms. The van der Waals surface area contributed by atoms with E-state index in [9.17, 15) is 4.79 Å². The van der Waals surface area contributed by atoms with Crippen molar-refractivity contribution in [2.45, 2.75) is 6.92 Å². The summed E-state index contributed by atoms with van der Waals surface area (Å²) in [5, 5.41) is 6.44. The number of carbonyl (C=O) groups is 1. The molecule has 0 radical (unpaired) electrons. The topological polar surface area (TPSA) is 85.4 Å². The van der Waals surface area contributed by atoms with E-state index in [4.69, 9.17) is 21.1 Å². The number of aryl methyl sites for hydroxylation is 1. The van der Waals surface area contributed by atoms with Crippen molar-refractivity contribution >= 4 is 34.7 Å². The third-order valence-electron chi connectivity index (χ3n) is 3.98. The average Bonchev–Trinajstić information content (AvgIpc) is 3.13. The number of carbonyl (C=O) groups excluding carboxylic acids is 1. The van der Waals surface area contributed by atoms with Gasteiger partial charge in [-0.15, -0.1) is 0 Å². The highest BCUT2D eigenvalue weighted by Gasteiger charge is 2.14. The minimum absolute atomic E-state index is 0.200. The zero-order valence-electron chi connectivity index (χ0n) is 14.3. The van der Waals surface area contributed by atoms with Crippen LogP contribution in [-0.4, -0.2) is 22.7 Å². The summed E-state index contributed by atoms with van der Waals surface area (Å²) in [6.07, 6.45) is 2.90. The van der Waals surface area contributed by atoms with Gasteiger partial charge in [0.15, 0.2) is 11.5 Å². The second kappa shape index (κ2) is 7.13. The maximum atomic E-state index is 12.4.